The molecule has 0 aliphatic carbocycles. The van der Waals surface area contributed by atoms with Crippen molar-refractivity contribution in [1.82, 2.24) is 14.5 Å². The predicted molar refractivity (Wildman–Crippen MR) is 133 cm³/mol. The quantitative estimate of drug-likeness (QED) is 0.414. The molecule has 2 aromatic heterocycles. The predicted octanol–water partition coefficient (Wildman–Crippen LogP) is 3.94. The van der Waals surface area contributed by atoms with Crippen LogP contribution in [0, 0.1) is 0 Å². The molecule has 0 radical (unpaired) electrons. The molecular weight excluding hydrogens is 434 g/mol. The van der Waals surface area contributed by atoms with Crippen LogP contribution in [-0.2, 0) is 6.54 Å². The van der Waals surface area contributed by atoms with Crippen LogP contribution in [0.3, 0.4) is 0 Å². The van der Waals surface area contributed by atoms with Crippen molar-refractivity contribution in [3.05, 3.63) is 75.2 Å². The second kappa shape index (κ2) is 11.8. The summed E-state index contributed by atoms with van der Waals surface area (Å²) in [4.78, 5) is 46.3. The molecule has 3 aromatic rings. The Hall–Kier alpha value is -3.88. The lowest BCUT2D eigenvalue weighted by Crippen LogP contribution is -2.41. The Morgan fingerprint density at radius 2 is 1.79 bits per heavy atom. The molecule has 0 aliphatic heterocycles. The van der Waals surface area contributed by atoms with Gasteiger partial charge in [0.25, 0.3) is 11.5 Å². The lowest BCUT2D eigenvalue weighted by atomic mass is 10.1. The molecule has 0 saturated carbocycles. The summed E-state index contributed by atoms with van der Waals surface area (Å²) in [5, 5.41) is 0. The molecule has 0 saturated heterocycles. The molecule has 0 fully saturated rings. The van der Waals surface area contributed by atoms with Crippen molar-refractivity contribution < 1.29 is 9.53 Å². The topological polar surface area (TPSA) is 123 Å². The van der Waals surface area contributed by atoms with Gasteiger partial charge in [0.1, 0.15) is 17.3 Å². The maximum atomic E-state index is 13.5. The van der Waals surface area contributed by atoms with E-state index in [4.69, 9.17) is 10.5 Å². The highest BCUT2D eigenvalue weighted by molar-refractivity contribution is 6.07. The Bertz CT molecular complexity index is 1200. The summed E-state index contributed by atoms with van der Waals surface area (Å²) < 4.78 is 7.07. The maximum Gasteiger partial charge on any atom is 0.330 e. The van der Waals surface area contributed by atoms with Crippen molar-refractivity contribution >= 4 is 17.4 Å². The zero-order valence-electron chi connectivity index (χ0n) is 19.6. The minimum atomic E-state index is -0.670. The number of aromatic nitrogens is 3. The van der Waals surface area contributed by atoms with E-state index < -0.39 is 11.2 Å². The molecular formula is C25H31N5O4. The number of nitrogens with two attached hydrogens (primary N) is 1. The van der Waals surface area contributed by atoms with Crippen LogP contribution in [0.5, 0.6) is 11.5 Å². The van der Waals surface area contributed by atoms with Gasteiger partial charge in [-0.15, -0.1) is 0 Å². The van der Waals surface area contributed by atoms with Crippen LogP contribution >= 0.6 is 0 Å². The van der Waals surface area contributed by atoms with Gasteiger partial charge < -0.3 is 15.4 Å². The standard InChI is InChI=1S/C25H31N5O4/c1-3-5-7-16-29(21-22(26)30(15-6-4-2)25(33)28-23(21)31)24(32)18-10-12-19(13-11-18)34-20-9-8-14-27-17-20/h8-14,17H,3-7,15-16,26H2,1-2H3,(H,28,31,33). The zero-order chi connectivity index (χ0) is 24.5. The Morgan fingerprint density at radius 3 is 2.44 bits per heavy atom. The minimum absolute atomic E-state index is 0.00331. The van der Waals surface area contributed by atoms with E-state index in [1.165, 1.54) is 9.47 Å². The molecule has 0 spiro atoms. The van der Waals surface area contributed by atoms with Crippen molar-refractivity contribution in [2.75, 3.05) is 17.2 Å². The number of aromatic amines is 1. The van der Waals surface area contributed by atoms with Crippen molar-refractivity contribution in [2.45, 2.75) is 52.5 Å². The van der Waals surface area contributed by atoms with Crippen LogP contribution in [0.25, 0.3) is 0 Å². The lowest BCUT2D eigenvalue weighted by Gasteiger charge is -2.24. The molecule has 0 atom stereocenters. The number of carbonyl (C=O) groups is 1. The first-order chi connectivity index (χ1) is 16.5. The first-order valence-electron chi connectivity index (χ1n) is 11.6. The SMILES string of the molecule is CCCCCN(C(=O)c1ccc(Oc2cccnc2)cc1)c1c(N)n(CCCC)c(=O)[nH]c1=O. The number of nitrogens with zero attached hydrogens (tertiary/aromatic N) is 3. The summed E-state index contributed by atoms with van der Waals surface area (Å²) in [5.41, 5.74) is 5.42. The summed E-state index contributed by atoms with van der Waals surface area (Å²) in [7, 11) is 0. The third kappa shape index (κ3) is 5.92. The molecule has 1 amide bonds. The van der Waals surface area contributed by atoms with Gasteiger partial charge in [-0.05, 0) is 49.2 Å². The molecule has 1 aromatic carbocycles. The van der Waals surface area contributed by atoms with Crippen LogP contribution in [0.2, 0.25) is 0 Å². The van der Waals surface area contributed by atoms with Gasteiger partial charge in [0.05, 0.1) is 6.20 Å². The van der Waals surface area contributed by atoms with Crippen LogP contribution in [-0.4, -0.2) is 27.0 Å². The van der Waals surface area contributed by atoms with E-state index in [0.717, 1.165) is 25.7 Å². The number of carbonyl (C=O) groups excluding carboxylic acids is 1. The number of pyridine rings is 1. The smallest absolute Gasteiger partial charge is 0.330 e. The molecule has 34 heavy (non-hydrogen) atoms. The van der Waals surface area contributed by atoms with E-state index in [1.807, 2.05) is 6.92 Å². The van der Waals surface area contributed by atoms with Crippen LogP contribution in [0.1, 0.15) is 56.3 Å². The number of nitrogens with one attached hydrogen (secondary N) is 1. The van der Waals surface area contributed by atoms with E-state index >= 15 is 0 Å². The highest BCUT2D eigenvalue weighted by Crippen LogP contribution is 2.24. The van der Waals surface area contributed by atoms with Gasteiger partial charge in [-0.2, -0.15) is 0 Å². The zero-order valence-corrected chi connectivity index (χ0v) is 19.6. The number of rotatable bonds is 11. The van der Waals surface area contributed by atoms with Crippen LogP contribution < -0.4 is 26.6 Å². The number of anilines is 2. The Balaban J connectivity index is 1.94. The largest absolute Gasteiger partial charge is 0.456 e. The van der Waals surface area contributed by atoms with Gasteiger partial charge >= 0.3 is 5.69 Å². The van der Waals surface area contributed by atoms with Gasteiger partial charge in [0.2, 0.25) is 0 Å². The molecule has 9 heteroatoms. The van der Waals surface area contributed by atoms with Gasteiger partial charge in [0, 0.05) is 24.8 Å². The monoisotopic (exact) mass is 465 g/mol. The number of amides is 1. The fourth-order valence-electron chi connectivity index (χ4n) is 3.58. The molecule has 0 bridgehead atoms. The highest BCUT2D eigenvalue weighted by atomic mass is 16.5. The Morgan fingerprint density at radius 1 is 1.06 bits per heavy atom. The number of H-pyrrole nitrogens is 1. The number of benzene rings is 1. The van der Waals surface area contributed by atoms with Crippen molar-refractivity contribution in [3.8, 4) is 11.5 Å². The van der Waals surface area contributed by atoms with Crippen LogP contribution in [0.4, 0.5) is 11.5 Å². The highest BCUT2D eigenvalue weighted by Gasteiger charge is 2.25. The van der Waals surface area contributed by atoms with Gasteiger partial charge in [-0.1, -0.05) is 33.1 Å². The molecule has 180 valence electrons. The Labute approximate surface area is 198 Å². The van der Waals surface area contributed by atoms with E-state index in [2.05, 4.69) is 16.9 Å². The van der Waals surface area contributed by atoms with Gasteiger partial charge in [-0.3, -0.25) is 24.1 Å². The molecule has 0 aliphatic rings. The third-order valence-electron chi connectivity index (χ3n) is 5.42. The maximum absolute atomic E-state index is 13.5. The normalized spacial score (nSPS) is 10.8. The summed E-state index contributed by atoms with van der Waals surface area (Å²) in [6, 6.07) is 10.2. The van der Waals surface area contributed by atoms with E-state index in [1.54, 1.807) is 48.8 Å². The summed E-state index contributed by atoms with van der Waals surface area (Å²) in [6.07, 6.45) is 7.35. The summed E-state index contributed by atoms with van der Waals surface area (Å²) in [6.45, 7) is 4.72. The average molecular weight is 466 g/mol. The number of ether oxygens (including phenoxy) is 1. The molecule has 9 nitrogen and oxygen atoms in total. The number of nitrogen functional groups attached to an aromatic ring is 1. The lowest BCUT2D eigenvalue weighted by molar-refractivity contribution is 0.0986. The van der Waals surface area contributed by atoms with E-state index in [0.29, 0.717) is 36.6 Å². The number of hydrogen-bond acceptors (Lipinski definition) is 6. The summed E-state index contributed by atoms with van der Waals surface area (Å²) in [5.74, 6) is 0.759. The van der Waals surface area contributed by atoms with E-state index in [-0.39, 0.29) is 17.4 Å². The first-order valence-corrected chi connectivity index (χ1v) is 11.6. The van der Waals surface area contributed by atoms with Crippen molar-refractivity contribution in [2.24, 2.45) is 0 Å². The third-order valence-corrected chi connectivity index (χ3v) is 5.42. The second-order valence-electron chi connectivity index (χ2n) is 7.98. The molecule has 2 heterocycles. The summed E-state index contributed by atoms with van der Waals surface area (Å²) >= 11 is 0. The van der Waals surface area contributed by atoms with Gasteiger partial charge in [-0.25, -0.2) is 4.79 Å². The van der Waals surface area contributed by atoms with Crippen molar-refractivity contribution in [3.63, 3.8) is 0 Å². The van der Waals surface area contributed by atoms with E-state index in [9.17, 15) is 14.4 Å². The molecule has 0 unspecified atom stereocenters. The fourth-order valence-corrected chi connectivity index (χ4v) is 3.58. The molecule has 3 rings (SSSR count). The first kappa shape index (κ1) is 24.8. The average Bonchev–Trinajstić information content (AvgIpc) is 2.83. The van der Waals surface area contributed by atoms with Gasteiger partial charge in [0.15, 0.2) is 5.69 Å². The number of hydrogen-bond donors (Lipinski definition) is 2. The van der Waals surface area contributed by atoms with Crippen molar-refractivity contribution in [1.29, 1.82) is 0 Å². The second-order valence-corrected chi connectivity index (χ2v) is 7.98. The van der Waals surface area contributed by atoms with Crippen LogP contribution in [0.15, 0.2) is 58.4 Å². The fraction of sp³-hybridized carbons (Fsp3) is 0.360. The molecule has 3 N–H and O–H groups in total. The minimum Gasteiger partial charge on any atom is -0.456 e. The number of unbranched alkanes of at least 4 members (excludes halogenated alkanes) is 3. The Kier molecular flexibility index (Phi) is 8.61.